The van der Waals surface area contributed by atoms with E-state index in [9.17, 15) is 4.79 Å². The zero-order valence-corrected chi connectivity index (χ0v) is 11.7. The first kappa shape index (κ1) is 13.8. The van der Waals surface area contributed by atoms with Crippen LogP contribution in [-0.2, 0) is 9.53 Å². The van der Waals surface area contributed by atoms with Crippen LogP contribution in [0.1, 0.15) is 6.42 Å². The zero-order chi connectivity index (χ0) is 14.8. The van der Waals surface area contributed by atoms with Gasteiger partial charge in [0.15, 0.2) is 0 Å². The van der Waals surface area contributed by atoms with Crippen molar-refractivity contribution >= 4 is 23.8 Å². The fourth-order valence-electron chi connectivity index (χ4n) is 2.59. The molecule has 114 valence electrons. The van der Waals surface area contributed by atoms with Gasteiger partial charge in [0, 0.05) is 26.2 Å². The monoisotopic (exact) mass is 293 g/mol. The number of carbonyl (C=O) groups is 1. The predicted octanol–water partition coefficient (Wildman–Crippen LogP) is -1.40. The Morgan fingerprint density at radius 2 is 1.76 bits per heavy atom. The summed E-state index contributed by atoms with van der Waals surface area (Å²) in [4.78, 5) is 28.0. The molecule has 1 aromatic rings. The fourth-order valence-corrected chi connectivity index (χ4v) is 2.59. The van der Waals surface area contributed by atoms with Gasteiger partial charge in [0.1, 0.15) is 0 Å². The quantitative estimate of drug-likeness (QED) is 0.697. The molecule has 0 bridgehead atoms. The first-order valence-corrected chi connectivity index (χ1v) is 7.02. The maximum atomic E-state index is 11.3. The molecular formula is C12H19N7O2. The molecule has 1 aromatic heterocycles. The number of hydrogen-bond acceptors (Lipinski definition) is 8. The Balaban J connectivity index is 1.79. The van der Waals surface area contributed by atoms with Crippen LogP contribution in [0.3, 0.4) is 0 Å². The third-order valence-corrected chi connectivity index (χ3v) is 3.80. The minimum Gasteiger partial charge on any atom is -0.378 e. The maximum absolute atomic E-state index is 11.3. The second-order valence-electron chi connectivity index (χ2n) is 5.23. The number of rotatable bonds is 3. The third kappa shape index (κ3) is 2.97. The summed E-state index contributed by atoms with van der Waals surface area (Å²) in [5.74, 6) is 0.808. The Bertz CT molecular complexity index is 532. The molecule has 9 heteroatoms. The molecule has 0 radical (unpaired) electrons. The Hall–Kier alpha value is -2.16. The summed E-state index contributed by atoms with van der Waals surface area (Å²) in [6.45, 7) is 3.98. The number of morpholine rings is 1. The van der Waals surface area contributed by atoms with Crippen LogP contribution in [0, 0.1) is 5.92 Å². The van der Waals surface area contributed by atoms with Crippen LogP contribution in [0.4, 0.5) is 17.8 Å². The minimum atomic E-state index is -0.284. The number of carbonyl (C=O) groups excluding carboxylic acids is 1. The molecule has 9 nitrogen and oxygen atoms in total. The van der Waals surface area contributed by atoms with Crippen molar-refractivity contribution in [2.24, 2.45) is 11.7 Å². The molecule has 2 aliphatic heterocycles. The van der Waals surface area contributed by atoms with Gasteiger partial charge < -0.3 is 26.0 Å². The average molecular weight is 293 g/mol. The molecule has 3 heterocycles. The molecule has 1 unspecified atom stereocenters. The number of amides is 1. The van der Waals surface area contributed by atoms with Crippen LogP contribution in [0.15, 0.2) is 0 Å². The van der Waals surface area contributed by atoms with Gasteiger partial charge in [0.25, 0.3) is 0 Å². The van der Waals surface area contributed by atoms with Gasteiger partial charge in [0.05, 0.1) is 19.1 Å². The summed E-state index contributed by atoms with van der Waals surface area (Å²) >= 11 is 0. The largest absolute Gasteiger partial charge is 0.378 e. The van der Waals surface area contributed by atoms with E-state index in [1.54, 1.807) is 0 Å². The smallest absolute Gasteiger partial charge is 0.232 e. The molecule has 2 aliphatic rings. The second-order valence-corrected chi connectivity index (χ2v) is 5.23. The van der Waals surface area contributed by atoms with Gasteiger partial charge >= 0.3 is 0 Å². The molecule has 21 heavy (non-hydrogen) atoms. The van der Waals surface area contributed by atoms with E-state index >= 15 is 0 Å². The molecule has 0 spiro atoms. The molecule has 4 N–H and O–H groups in total. The van der Waals surface area contributed by atoms with E-state index in [1.165, 1.54) is 0 Å². The lowest BCUT2D eigenvalue weighted by Crippen LogP contribution is -2.38. The lowest BCUT2D eigenvalue weighted by Gasteiger charge is -2.27. The topological polar surface area (TPSA) is 123 Å². The van der Waals surface area contributed by atoms with E-state index in [1.807, 2.05) is 9.80 Å². The summed E-state index contributed by atoms with van der Waals surface area (Å²) in [6.07, 6.45) is 0.716. The van der Waals surface area contributed by atoms with Crippen molar-refractivity contribution in [1.29, 1.82) is 0 Å². The second kappa shape index (κ2) is 5.68. The van der Waals surface area contributed by atoms with Gasteiger partial charge in [-0.05, 0) is 6.42 Å². The Morgan fingerprint density at radius 1 is 1.10 bits per heavy atom. The molecule has 1 atom stereocenters. The van der Waals surface area contributed by atoms with Gasteiger partial charge in [-0.3, -0.25) is 4.79 Å². The average Bonchev–Trinajstić information content (AvgIpc) is 2.98. The van der Waals surface area contributed by atoms with Crippen molar-refractivity contribution in [3.63, 3.8) is 0 Å². The fraction of sp³-hybridized carbons (Fsp3) is 0.667. The highest BCUT2D eigenvalue weighted by atomic mass is 16.5. The van der Waals surface area contributed by atoms with Gasteiger partial charge in [-0.1, -0.05) is 0 Å². The zero-order valence-electron chi connectivity index (χ0n) is 11.7. The number of nitrogen functional groups attached to an aromatic ring is 1. The van der Waals surface area contributed by atoms with E-state index in [0.717, 1.165) is 13.1 Å². The van der Waals surface area contributed by atoms with Crippen LogP contribution >= 0.6 is 0 Å². The molecule has 0 aromatic carbocycles. The maximum Gasteiger partial charge on any atom is 0.232 e. The Labute approximate surface area is 122 Å². The lowest BCUT2D eigenvalue weighted by molar-refractivity contribution is -0.121. The number of hydrogen-bond donors (Lipinski definition) is 2. The molecule has 3 rings (SSSR count). The van der Waals surface area contributed by atoms with E-state index in [2.05, 4.69) is 15.0 Å². The molecule has 0 saturated carbocycles. The number of primary amides is 1. The Kier molecular flexibility index (Phi) is 3.74. The molecule has 2 saturated heterocycles. The van der Waals surface area contributed by atoms with Gasteiger partial charge in [0.2, 0.25) is 23.8 Å². The number of nitrogens with two attached hydrogens (primary N) is 2. The molecule has 1 amide bonds. The standard InChI is InChI=1S/C12H19N7O2/c13-9(20)8-1-2-19(7-8)12-16-10(14)15-11(17-12)18-3-5-21-6-4-18/h8H,1-7H2,(H2,13,20)(H2,14,15,16,17). The predicted molar refractivity (Wildman–Crippen MR) is 76.8 cm³/mol. The van der Waals surface area contributed by atoms with Crippen LogP contribution in [-0.4, -0.2) is 60.3 Å². The lowest BCUT2D eigenvalue weighted by atomic mass is 10.1. The molecule has 2 fully saturated rings. The SMILES string of the molecule is NC(=O)C1CCN(c2nc(N)nc(N3CCOCC3)n2)C1. The summed E-state index contributed by atoms with van der Waals surface area (Å²) in [5.41, 5.74) is 11.1. The van der Waals surface area contributed by atoms with Gasteiger partial charge in [-0.15, -0.1) is 0 Å². The number of nitrogens with zero attached hydrogens (tertiary/aromatic N) is 5. The van der Waals surface area contributed by atoms with Crippen LogP contribution in [0.25, 0.3) is 0 Å². The van der Waals surface area contributed by atoms with E-state index in [-0.39, 0.29) is 17.8 Å². The van der Waals surface area contributed by atoms with Crippen molar-refractivity contribution in [3.8, 4) is 0 Å². The van der Waals surface area contributed by atoms with Gasteiger partial charge in [-0.25, -0.2) is 0 Å². The van der Waals surface area contributed by atoms with E-state index in [4.69, 9.17) is 16.2 Å². The summed E-state index contributed by atoms with van der Waals surface area (Å²) in [5, 5.41) is 0. The van der Waals surface area contributed by atoms with E-state index in [0.29, 0.717) is 44.6 Å². The summed E-state index contributed by atoms with van der Waals surface area (Å²) in [6, 6.07) is 0. The van der Waals surface area contributed by atoms with Crippen LogP contribution in [0.2, 0.25) is 0 Å². The Morgan fingerprint density at radius 3 is 2.38 bits per heavy atom. The molecular weight excluding hydrogens is 274 g/mol. The number of aromatic nitrogens is 3. The first-order valence-electron chi connectivity index (χ1n) is 7.02. The van der Waals surface area contributed by atoms with Crippen LogP contribution < -0.4 is 21.3 Å². The van der Waals surface area contributed by atoms with E-state index < -0.39 is 0 Å². The molecule has 0 aliphatic carbocycles. The number of anilines is 3. The highest BCUT2D eigenvalue weighted by Gasteiger charge is 2.29. The van der Waals surface area contributed by atoms with Crippen molar-refractivity contribution in [3.05, 3.63) is 0 Å². The highest BCUT2D eigenvalue weighted by Crippen LogP contribution is 2.23. The van der Waals surface area contributed by atoms with Crippen molar-refractivity contribution in [2.45, 2.75) is 6.42 Å². The van der Waals surface area contributed by atoms with Crippen LogP contribution in [0.5, 0.6) is 0 Å². The first-order chi connectivity index (χ1) is 10.1. The van der Waals surface area contributed by atoms with Gasteiger partial charge in [-0.2, -0.15) is 15.0 Å². The highest BCUT2D eigenvalue weighted by molar-refractivity contribution is 5.78. The van der Waals surface area contributed by atoms with Crippen molar-refractivity contribution < 1.29 is 9.53 Å². The van der Waals surface area contributed by atoms with Crippen molar-refractivity contribution in [1.82, 2.24) is 15.0 Å². The summed E-state index contributed by atoms with van der Waals surface area (Å²) in [7, 11) is 0. The number of ether oxygens (including phenoxy) is 1. The normalized spacial score (nSPS) is 22.6. The third-order valence-electron chi connectivity index (χ3n) is 3.80. The minimum absolute atomic E-state index is 0.158. The summed E-state index contributed by atoms with van der Waals surface area (Å²) < 4.78 is 5.32. The van der Waals surface area contributed by atoms with Crippen molar-refractivity contribution in [2.75, 3.05) is 54.9 Å².